The summed E-state index contributed by atoms with van der Waals surface area (Å²) in [6, 6.07) is 74.9. The first-order chi connectivity index (χ1) is 60.2. The van der Waals surface area contributed by atoms with Crippen LogP contribution in [0.15, 0.2) is 182 Å². The lowest BCUT2D eigenvalue weighted by molar-refractivity contribution is 0.463. The van der Waals surface area contributed by atoms with Gasteiger partial charge < -0.3 is 29.1 Å². The van der Waals surface area contributed by atoms with Crippen LogP contribution in [0.5, 0.6) is 23.0 Å². The minimum atomic E-state index is -0.317. The lowest BCUT2D eigenvalue weighted by Crippen LogP contribution is -2.63. The Morgan fingerprint density at radius 2 is 0.492 bits per heavy atom. The summed E-state index contributed by atoms with van der Waals surface area (Å²) in [6.45, 7) is 99.9. The van der Waals surface area contributed by atoms with Crippen LogP contribution in [-0.4, -0.2) is 20.0 Å². The molecular formula is C124H160B2N4O2. The maximum absolute atomic E-state index is 8.22. The molecule has 0 aliphatic carbocycles. The van der Waals surface area contributed by atoms with Crippen LogP contribution in [-0.2, 0) is 82.2 Å². The highest BCUT2D eigenvalue weighted by Crippen LogP contribution is 2.54. The summed E-state index contributed by atoms with van der Waals surface area (Å²) in [5, 5.41) is 0. The number of ether oxygens (including phenoxy) is 2. The number of anilines is 11. The summed E-state index contributed by atoms with van der Waals surface area (Å²) >= 11 is 0. The average Bonchev–Trinajstić information content (AvgIpc) is 0.683. The summed E-state index contributed by atoms with van der Waals surface area (Å²) in [6.07, 6.45) is 0.805. The summed E-state index contributed by atoms with van der Waals surface area (Å²) in [7, 11) is 0. The van der Waals surface area contributed by atoms with Crippen molar-refractivity contribution in [1.29, 1.82) is 0 Å². The minimum Gasteiger partial charge on any atom is -0.458 e. The van der Waals surface area contributed by atoms with E-state index in [4.69, 9.17) is 9.47 Å². The van der Waals surface area contributed by atoms with Gasteiger partial charge in [0.05, 0.1) is 11.4 Å². The van der Waals surface area contributed by atoms with Gasteiger partial charge in [-0.3, -0.25) is 0 Å². The molecule has 0 atom stereocenters. The van der Waals surface area contributed by atoms with E-state index in [1.54, 1.807) is 0 Å². The molecule has 8 heteroatoms. The van der Waals surface area contributed by atoms with Crippen LogP contribution < -0.4 is 61.9 Å². The van der Waals surface area contributed by atoms with E-state index >= 15 is 0 Å². The number of hydrogen-bond acceptors (Lipinski definition) is 6. The quantitative estimate of drug-likeness (QED) is 0.127. The van der Waals surface area contributed by atoms with E-state index in [0.29, 0.717) is 6.54 Å². The van der Waals surface area contributed by atoms with Gasteiger partial charge in [0.25, 0.3) is 13.4 Å². The fourth-order valence-electron chi connectivity index (χ4n) is 19.6. The Labute approximate surface area is 800 Å². The van der Waals surface area contributed by atoms with Gasteiger partial charge in [0.15, 0.2) is 0 Å². The third kappa shape index (κ3) is 18.9. The van der Waals surface area contributed by atoms with Crippen molar-refractivity contribution in [1.82, 2.24) is 0 Å². The van der Waals surface area contributed by atoms with Crippen molar-refractivity contribution in [3.63, 3.8) is 0 Å². The molecular weight excluding hydrogens is 1600 g/mol. The fraction of sp³-hybridized carbons (Fsp3) is 0.468. The van der Waals surface area contributed by atoms with Crippen LogP contribution >= 0.6 is 0 Å². The van der Waals surface area contributed by atoms with Crippen LogP contribution in [0.1, 0.15) is 374 Å². The van der Waals surface area contributed by atoms with Gasteiger partial charge in [0, 0.05) is 75.3 Å². The zero-order valence-corrected chi connectivity index (χ0v) is 89.5. The predicted octanol–water partition coefficient (Wildman–Crippen LogP) is 31.5. The number of benzene rings is 11. The van der Waals surface area contributed by atoms with Gasteiger partial charge >= 0.3 is 0 Å². The Morgan fingerprint density at radius 1 is 0.212 bits per heavy atom. The number of hydrogen-bond donors (Lipinski definition) is 0. The molecule has 0 N–H and O–H groups in total. The molecule has 0 fully saturated rings. The minimum absolute atomic E-state index is 0.0776. The number of nitrogens with zero attached hydrogens (tertiary/aromatic N) is 4. The van der Waals surface area contributed by atoms with Gasteiger partial charge in [0.2, 0.25) is 0 Å². The zero-order chi connectivity index (χ0) is 97.3. The largest absolute Gasteiger partial charge is 0.458 e. The lowest BCUT2D eigenvalue weighted by Gasteiger charge is -2.46. The van der Waals surface area contributed by atoms with E-state index in [2.05, 4.69) is 492 Å². The molecule has 694 valence electrons. The molecule has 11 aromatic rings. The average molecular weight is 1760 g/mol. The fourth-order valence-corrected chi connectivity index (χ4v) is 19.6. The smallest absolute Gasteiger partial charge is 0.260 e. The molecule has 0 aromatic heterocycles. The lowest BCUT2D eigenvalue weighted by atomic mass is 9.31. The van der Waals surface area contributed by atoms with Crippen LogP contribution in [0.3, 0.4) is 0 Å². The summed E-state index contributed by atoms with van der Waals surface area (Å²) in [5.41, 5.74) is 36.4. The molecule has 0 saturated heterocycles. The van der Waals surface area contributed by atoms with Gasteiger partial charge in [-0.25, -0.2) is 0 Å². The molecule has 0 radical (unpaired) electrons. The maximum atomic E-state index is 8.22. The van der Waals surface area contributed by atoms with E-state index in [0.717, 1.165) is 97.0 Å². The second kappa shape index (κ2) is 32.0. The summed E-state index contributed by atoms with van der Waals surface area (Å²) < 4.78 is 16.0. The van der Waals surface area contributed by atoms with Crippen molar-refractivity contribution in [2.24, 2.45) is 0 Å². The van der Waals surface area contributed by atoms with E-state index in [-0.39, 0.29) is 89.2 Å². The molecule has 0 spiro atoms. The monoisotopic (exact) mass is 1760 g/mol. The molecule has 0 bridgehead atoms. The second-order valence-corrected chi connectivity index (χ2v) is 54.5. The Morgan fingerprint density at radius 3 is 0.833 bits per heavy atom. The molecule has 15 rings (SSSR count). The standard InChI is InChI=1S/C124H160B2N4O2/c1-111(2,3)76-43-45-97-101(67-76)127(48-47-75-49-78(113(7,8)9)51-79(50-75)114(10,11)12)103-69-95(128(90-57-80(115(13,14)15)52-81(58-90)116(16,17)18)91-59-82(117(19,20)21)53-83(60-91)118(22,23)24)70-104-109(103)125(97)99-74-106-100(73-102(99)130(104)94-65-88(123(37,38)39)56-89(66-94)124(40,41)42)126-98-46-44-77(112(4,5)6)68-105(98)131-107-71-96(72-108(132-106)110(107)126)129(92-61-84(119(25,26)27)54-85(62-92)120(28,29)30)93-63-86(121(31,32)33)55-87(64-93)122(34,35)36/h43-46,49-74H,47-48H2,1-42H3. The number of rotatable bonds is 10. The van der Waals surface area contributed by atoms with Gasteiger partial charge in [-0.05, 0) is 290 Å². The highest BCUT2D eigenvalue weighted by molar-refractivity contribution is 7.01. The maximum Gasteiger partial charge on any atom is 0.260 e. The molecule has 132 heavy (non-hydrogen) atoms. The van der Waals surface area contributed by atoms with Crippen LogP contribution in [0.4, 0.5) is 62.6 Å². The molecule has 0 saturated carbocycles. The number of fused-ring (bicyclic) bond motifs is 8. The molecule has 11 aromatic carbocycles. The van der Waals surface area contributed by atoms with Gasteiger partial charge in [0.1, 0.15) is 23.0 Å². The van der Waals surface area contributed by atoms with Gasteiger partial charge in [-0.2, -0.15) is 0 Å². The van der Waals surface area contributed by atoms with Gasteiger partial charge in [-0.1, -0.05) is 364 Å². The molecule has 4 heterocycles. The highest BCUT2D eigenvalue weighted by atomic mass is 16.5. The third-order valence-corrected chi connectivity index (χ3v) is 28.9. The van der Waals surface area contributed by atoms with Crippen molar-refractivity contribution in [3.05, 3.63) is 265 Å². The third-order valence-electron chi connectivity index (χ3n) is 28.9. The molecule has 4 aliphatic heterocycles. The zero-order valence-electron chi connectivity index (χ0n) is 89.5. The SMILES string of the molecule is CC(C)(C)c1cc(CCN2c3cc(C(C)(C)C)ccc3B3c4cc5c(cc4N(c4cc(C(C)(C)C)cc(C(C)(C)C)c4)c4cc(N(c6cc(C(C)(C)C)cc(C(C)(C)C)c6)c6cc(C(C)(C)C)cc(C(C)(C)C)c6)cc2c43)B2c3ccc(C(C)(C)C)cc3Oc3cc(N(c4cc(C(C)(C)C)cc(C(C)(C)C)c4)c4cc(C(C)(C)C)cc(C(C)(C)C)c4)cc(c32)O5)cc(C(C)(C)C)c1. The predicted molar refractivity (Wildman–Crippen MR) is 578 cm³/mol. The van der Waals surface area contributed by atoms with E-state index < -0.39 is 0 Å². The Balaban J connectivity index is 1.12. The normalized spacial score (nSPS) is 14.6. The van der Waals surface area contributed by atoms with E-state index in [9.17, 15) is 0 Å². The Bertz CT molecular complexity index is 6030. The first-order valence-electron chi connectivity index (χ1n) is 49.5. The Kier molecular flexibility index (Phi) is 23.5. The van der Waals surface area contributed by atoms with Crippen LogP contribution in [0.25, 0.3) is 0 Å². The topological polar surface area (TPSA) is 31.4 Å². The first kappa shape index (κ1) is 96.9. The van der Waals surface area contributed by atoms with Gasteiger partial charge in [-0.15, -0.1) is 0 Å². The molecule has 0 amide bonds. The van der Waals surface area contributed by atoms with Crippen molar-refractivity contribution in [2.45, 2.75) is 373 Å². The molecule has 4 aliphatic rings. The molecule has 0 unspecified atom stereocenters. The summed E-state index contributed by atoms with van der Waals surface area (Å²) in [5.74, 6) is 3.30. The van der Waals surface area contributed by atoms with Crippen molar-refractivity contribution in [2.75, 3.05) is 26.1 Å². The van der Waals surface area contributed by atoms with Crippen LogP contribution in [0, 0.1) is 0 Å². The molecule has 6 nitrogen and oxygen atoms in total. The highest BCUT2D eigenvalue weighted by Gasteiger charge is 2.49. The van der Waals surface area contributed by atoms with E-state index in [1.165, 1.54) is 111 Å². The van der Waals surface area contributed by atoms with Crippen molar-refractivity contribution in [3.8, 4) is 23.0 Å². The van der Waals surface area contributed by atoms with Crippen molar-refractivity contribution < 1.29 is 9.47 Å². The van der Waals surface area contributed by atoms with Crippen molar-refractivity contribution >= 4 is 109 Å². The Hall–Kier alpha value is -9.65. The van der Waals surface area contributed by atoms with Crippen LogP contribution in [0.2, 0.25) is 0 Å². The summed E-state index contributed by atoms with van der Waals surface area (Å²) in [4.78, 5) is 10.8. The van der Waals surface area contributed by atoms with E-state index in [1.807, 2.05) is 0 Å². The second-order valence-electron chi connectivity index (χ2n) is 54.5. The first-order valence-corrected chi connectivity index (χ1v) is 49.5.